The molecule has 2 N–H and O–H groups in total. The van der Waals surface area contributed by atoms with Gasteiger partial charge in [-0.1, -0.05) is 12.1 Å². The molecule has 0 radical (unpaired) electrons. The first kappa shape index (κ1) is 22.6. The number of nitrogens with one attached hydrogen (secondary N) is 2. The summed E-state index contributed by atoms with van der Waals surface area (Å²) in [7, 11) is 3.51. The molecule has 1 atom stereocenters. The van der Waals surface area contributed by atoms with Crippen molar-refractivity contribution in [1.82, 2.24) is 15.5 Å². The molecule has 0 spiro atoms. The lowest BCUT2D eigenvalue weighted by atomic mass is 9.95. The fraction of sp³-hybridized carbons (Fsp3) is 0.632. The van der Waals surface area contributed by atoms with Crippen LogP contribution in [0.5, 0.6) is 5.75 Å². The van der Waals surface area contributed by atoms with Gasteiger partial charge in [-0.05, 0) is 29.9 Å². The second kappa shape index (κ2) is 11.3. The number of benzene rings is 1. The molecule has 1 aromatic rings. The molecule has 8 heteroatoms. The van der Waals surface area contributed by atoms with Gasteiger partial charge >= 0.3 is 0 Å². The van der Waals surface area contributed by atoms with Gasteiger partial charge in [0.05, 0.1) is 20.3 Å². The van der Waals surface area contributed by atoms with Crippen LogP contribution in [-0.2, 0) is 11.3 Å². The van der Waals surface area contributed by atoms with E-state index in [9.17, 15) is 0 Å². The van der Waals surface area contributed by atoms with Crippen LogP contribution in [0.3, 0.4) is 0 Å². The molecule has 0 saturated carbocycles. The summed E-state index contributed by atoms with van der Waals surface area (Å²) < 4.78 is 10.7. The van der Waals surface area contributed by atoms with E-state index < -0.39 is 0 Å². The van der Waals surface area contributed by atoms with Crippen LogP contribution >= 0.6 is 35.7 Å². The first-order valence-corrected chi connectivity index (χ1v) is 10.4. The molecule has 0 amide bonds. The number of nitrogens with zero attached hydrogens (tertiary/aromatic N) is 2. The lowest BCUT2D eigenvalue weighted by molar-refractivity contribution is -0.0120. The Bertz CT molecular complexity index is 588. The molecule has 1 unspecified atom stereocenters. The molecule has 2 saturated heterocycles. The Morgan fingerprint density at radius 3 is 2.59 bits per heavy atom. The van der Waals surface area contributed by atoms with Gasteiger partial charge in [0, 0.05) is 44.5 Å². The van der Waals surface area contributed by atoms with Gasteiger partial charge in [-0.25, -0.2) is 0 Å². The molecule has 27 heavy (non-hydrogen) atoms. The topological polar surface area (TPSA) is 58.1 Å². The van der Waals surface area contributed by atoms with E-state index in [1.807, 2.05) is 19.2 Å². The number of rotatable bonds is 6. The summed E-state index contributed by atoms with van der Waals surface area (Å²) in [6.45, 7) is 5.40. The molecule has 0 aromatic heterocycles. The summed E-state index contributed by atoms with van der Waals surface area (Å²) in [6, 6.07) is 8.11. The Morgan fingerprint density at radius 1 is 1.26 bits per heavy atom. The number of hydrogen-bond donors (Lipinski definition) is 2. The van der Waals surface area contributed by atoms with E-state index in [4.69, 9.17) is 9.47 Å². The predicted molar refractivity (Wildman–Crippen MR) is 124 cm³/mol. The first-order chi connectivity index (χ1) is 12.8. The predicted octanol–water partition coefficient (Wildman–Crippen LogP) is 2.19. The second-order valence-electron chi connectivity index (χ2n) is 6.75. The molecule has 2 fully saturated rings. The zero-order chi connectivity index (χ0) is 18.2. The molecule has 2 aliphatic rings. The molecule has 2 aliphatic heterocycles. The molecule has 3 rings (SSSR count). The van der Waals surface area contributed by atoms with Gasteiger partial charge in [-0.3, -0.25) is 9.89 Å². The second-order valence-corrected chi connectivity index (χ2v) is 7.86. The molecule has 152 valence electrons. The van der Waals surface area contributed by atoms with Crippen molar-refractivity contribution in [1.29, 1.82) is 0 Å². The maximum Gasteiger partial charge on any atom is 0.191 e. The molecule has 6 nitrogen and oxygen atoms in total. The highest BCUT2D eigenvalue weighted by atomic mass is 127. The van der Waals surface area contributed by atoms with E-state index in [1.54, 1.807) is 7.11 Å². The van der Waals surface area contributed by atoms with Crippen molar-refractivity contribution in [3.05, 3.63) is 29.8 Å². The number of hydrogen-bond acceptors (Lipinski definition) is 5. The van der Waals surface area contributed by atoms with Crippen molar-refractivity contribution in [3.63, 3.8) is 0 Å². The Labute approximate surface area is 183 Å². The van der Waals surface area contributed by atoms with Crippen LogP contribution in [0.15, 0.2) is 29.3 Å². The molecular weight excluding hydrogens is 475 g/mol. The number of methoxy groups -OCH3 is 1. The monoisotopic (exact) mass is 506 g/mol. The van der Waals surface area contributed by atoms with Crippen molar-refractivity contribution < 1.29 is 9.47 Å². The van der Waals surface area contributed by atoms with Crippen molar-refractivity contribution in [3.8, 4) is 5.75 Å². The van der Waals surface area contributed by atoms with Crippen molar-refractivity contribution in [2.75, 3.05) is 58.5 Å². The van der Waals surface area contributed by atoms with Gasteiger partial charge in [0.1, 0.15) is 5.75 Å². The molecule has 0 bridgehead atoms. The number of aliphatic imine (C=N–C) groups is 1. The standard InChI is InChI=1S/C19H30N4O2S.HI/c1-20-18(21-13-16-3-5-17(24-2)6-4-16)22-14-19(7-12-26-15-19)23-8-10-25-11-9-23;/h3-6H,7-15H2,1-2H3,(H2,20,21,22);1H. The zero-order valence-corrected chi connectivity index (χ0v) is 19.3. The van der Waals surface area contributed by atoms with Gasteiger partial charge < -0.3 is 20.1 Å². The van der Waals surface area contributed by atoms with Crippen molar-refractivity contribution in [2.45, 2.75) is 18.5 Å². The minimum absolute atomic E-state index is 0. The lowest BCUT2D eigenvalue weighted by Crippen LogP contribution is -2.60. The number of ether oxygens (including phenoxy) is 2. The quantitative estimate of drug-likeness (QED) is 0.351. The smallest absolute Gasteiger partial charge is 0.191 e. The number of morpholine rings is 1. The van der Waals surface area contributed by atoms with E-state index in [2.05, 4.69) is 44.4 Å². The maximum atomic E-state index is 5.54. The van der Waals surface area contributed by atoms with Crippen molar-refractivity contribution >= 4 is 41.7 Å². The summed E-state index contributed by atoms with van der Waals surface area (Å²) in [5.41, 5.74) is 1.42. The highest BCUT2D eigenvalue weighted by molar-refractivity contribution is 14.0. The van der Waals surface area contributed by atoms with Crippen LogP contribution in [0.4, 0.5) is 0 Å². The van der Waals surface area contributed by atoms with E-state index in [0.29, 0.717) is 0 Å². The van der Waals surface area contributed by atoms with E-state index in [0.717, 1.165) is 51.1 Å². The fourth-order valence-electron chi connectivity index (χ4n) is 3.53. The average Bonchev–Trinajstić information content (AvgIpc) is 3.19. The van der Waals surface area contributed by atoms with Gasteiger partial charge in [-0.2, -0.15) is 11.8 Å². The number of halogens is 1. The molecular formula is C19H31IN4O2S. The minimum atomic E-state index is 0. The first-order valence-electron chi connectivity index (χ1n) is 9.24. The number of thioether (sulfide) groups is 1. The largest absolute Gasteiger partial charge is 0.497 e. The Hall–Kier alpha value is -0.710. The van der Waals surface area contributed by atoms with E-state index in [-0.39, 0.29) is 29.5 Å². The minimum Gasteiger partial charge on any atom is -0.497 e. The third-order valence-corrected chi connectivity index (χ3v) is 6.43. The highest BCUT2D eigenvalue weighted by Gasteiger charge is 2.40. The van der Waals surface area contributed by atoms with E-state index in [1.165, 1.54) is 23.5 Å². The van der Waals surface area contributed by atoms with Crippen LogP contribution in [0.2, 0.25) is 0 Å². The van der Waals surface area contributed by atoms with Crippen LogP contribution in [0, 0.1) is 0 Å². The third kappa shape index (κ3) is 6.13. The molecule has 1 aromatic carbocycles. The summed E-state index contributed by atoms with van der Waals surface area (Å²) in [6.07, 6.45) is 1.22. The third-order valence-electron chi connectivity index (χ3n) is 5.19. The van der Waals surface area contributed by atoms with Gasteiger partial charge in [0.2, 0.25) is 0 Å². The summed E-state index contributed by atoms with van der Waals surface area (Å²) in [5, 5.41) is 6.98. The van der Waals surface area contributed by atoms with Crippen LogP contribution in [0.25, 0.3) is 0 Å². The van der Waals surface area contributed by atoms with Crippen LogP contribution in [-0.4, -0.2) is 74.9 Å². The lowest BCUT2D eigenvalue weighted by Gasteiger charge is -2.43. The van der Waals surface area contributed by atoms with Crippen molar-refractivity contribution in [2.24, 2.45) is 4.99 Å². The van der Waals surface area contributed by atoms with Crippen LogP contribution in [0.1, 0.15) is 12.0 Å². The van der Waals surface area contributed by atoms with Gasteiger partial charge in [0.25, 0.3) is 0 Å². The fourth-order valence-corrected chi connectivity index (χ4v) is 5.01. The summed E-state index contributed by atoms with van der Waals surface area (Å²) >= 11 is 2.05. The Balaban J connectivity index is 0.00000261. The van der Waals surface area contributed by atoms with E-state index >= 15 is 0 Å². The Morgan fingerprint density at radius 2 is 2.00 bits per heavy atom. The molecule has 0 aliphatic carbocycles. The van der Waals surface area contributed by atoms with Gasteiger partial charge in [0.15, 0.2) is 5.96 Å². The average molecular weight is 506 g/mol. The summed E-state index contributed by atoms with van der Waals surface area (Å²) in [5.74, 6) is 4.14. The summed E-state index contributed by atoms with van der Waals surface area (Å²) in [4.78, 5) is 7.01. The van der Waals surface area contributed by atoms with Crippen LogP contribution < -0.4 is 15.4 Å². The SMILES string of the molecule is CN=C(NCc1ccc(OC)cc1)NCC1(N2CCOCC2)CCSC1.I. The normalized spacial score (nSPS) is 23.6. The highest BCUT2D eigenvalue weighted by Crippen LogP contribution is 2.33. The number of guanidine groups is 1. The van der Waals surface area contributed by atoms with Gasteiger partial charge in [-0.15, -0.1) is 24.0 Å². The Kier molecular flexibility index (Phi) is 9.47. The zero-order valence-electron chi connectivity index (χ0n) is 16.2. The maximum absolute atomic E-state index is 5.54. The molecule has 2 heterocycles.